The van der Waals surface area contributed by atoms with Crippen molar-refractivity contribution in [3.8, 4) is 5.75 Å². The van der Waals surface area contributed by atoms with Gasteiger partial charge in [-0.3, -0.25) is 9.59 Å². The van der Waals surface area contributed by atoms with E-state index in [1.165, 1.54) is 6.07 Å². The number of halogens is 1. The van der Waals surface area contributed by atoms with Crippen molar-refractivity contribution >= 4 is 11.8 Å². The summed E-state index contributed by atoms with van der Waals surface area (Å²) in [5, 5.41) is 2.83. The average Bonchev–Trinajstić information content (AvgIpc) is 3.09. The molecule has 1 atom stereocenters. The van der Waals surface area contributed by atoms with Crippen LogP contribution in [0.4, 0.5) is 4.39 Å². The second kappa shape index (κ2) is 9.35. The smallest absolute Gasteiger partial charge is 0.225 e. The number of likely N-dealkylation sites (tertiary alicyclic amines) is 1. The molecule has 0 bridgehead atoms. The molecule has 2 aromatic rings. The fraction of sp³-hybridized carbons (Fsp3) is 0.364. The summed E-state index contributed by atoms with van der Waals surface area (Å²) in [4.78, 5) is 26.3. The van der Waals surface area contributed by atoms with Gasteiger partial charge in [-0.1, -0.05) is 30.3 Å². The monoisotopic (exact) mass is 384 g/mol. The molecule has 1 heterocycles. The van der Waals surface area contributed by atoms with E-state index >= 15 is 0 Å². The number of carbonyl (C=O) groups is 2. The van der Waals surface area contributed by atoms with Crippen LogP contribution in [0.2, 0.25) is 0 Å². The van der Waals surface area contributed by atoms with Crippen LogP contribution < -0.4 is 10.1 Å². The Morgan fingerprint density at radius 3 is 2.64 bits per heavy atom. The van der Waals surface area contributed by atoms with Crippen molar-refractivity contribution in [2.45, 2.75) is 19.3 Å². The molecule has 0 aliphatic carbocycles. The Hall–Kier alpha value is -2.89. The van der Waals surface area contributed by atoms with Gasteiger partial charge in [0.2, 0.25) is 11.8 Å². The molecule has 2 amide bonds. The summed E-state index contributed by atoms with van der Waals surface area (Å²) in [6, 6.07) is 14.3. The van der Waals surface area contributed by atoms with Gasteiger partial charge >= 0.3 is 0 Å². The molecular formula is C22H25FN2O3. The van der Waals surface area contributed by atoms with E-state index in [0.717, 1.165) is 17.7 Å². The number of amides is 2. The van der Waals surface area contributed by atoms with Gasteiger partial charge in [-0.25, -0.2) is 4.39 Å². The van der Waals surface area contributed by atoms with Crippen LogP contribution in [-0.4, -0.2) is 43.5 Å². The first-order valence-electron chi connectivity index (χ1n) is 9.48. The molecule has 28 heavy (non-hydrogen) atoms. The van der Waals surface area contributed by atoms with E-state index in [1.807, 2.05) is 24.3 Å². The highest BCUT2D eigenvalue weighted by atomic mass is 19.1. The van der Waals surface area contributed by atoms with Crippen molar-refractivity contribution < 1.29 is 18.7 Å². The largest absolute Gasteiger partial charge is 0.497 e. The van der Waals surface area contributed by atoms with Crippen LogP contribution in [0, 0.1) is 11.7 Å². The number of benzene rings is 2. The number of hydrogen-bond donors (Lipinski definition) is 1. The maximum atomic E-state index is 13.6. The predicted molar refractivity (Wildman–Crippen MR) is 104 cm³/mol. The standard InChI is InChI=1S/C22H25FN2O3/c1-28-19-8-6-16(7-9-19)11-13-25-15-18(14-21(25)26)22(27)24-12-10-17-4-2-3-5-20(17)23/h2-9,18H,10-15H2,1H3,(H,24,27). The number of hydrogen-bond acceptors (Lipinski definition) is 3. The first-order chi connectivity index (χ1) is 13.6. The first-order valence-corrected chi connectivity index (χ1v) is 9.48. The van der Waals surface area contributed by atoms with E-state index in [4.69, 9.17) is 4.74 Å². The summed E-state index contributed by atoms with van der Waals surface area (Å²) in [5.74, 6) is 0.0500. The molecule has 6 heteroatoms. The molecule has 1 unspecified atom stereocenters. The van der Waals surface area contributed by atoms with Gasteiger partial charge in [0.1, 0.15) is 11.6 Å². The van der Waals surface area contributed by atoms with Crippen LogP contribution in [0.3, 0.4) is 0 Å². The number of carbonyl (C=O) groups excluding carboxylic acids is 2. The Bertz CT molecular complexity index is 823. The highest BCUT2D eigenvalue weighted by molar-refractivity contribution is 5.89. The SMILES string of the molecule is COc1ccc(CCN2CC(C(=O)NCCc3ccccc3F)CC2=O)cc1. The van der Waals surface area contributed by atoms with Gasteiger partial charge < -0.3 is 15.0 Å². The Balaban J connectivity index is 1.43. The second-order valence-electron chi connectivity index (χ2n) is 6.97. The van der Waals surface area contributed by atoms with E-state index in [0.29, 0.717) is 31.6 Å². The topological polar surface area (TPSA) is 58.6 Å². The quantitative estimate of drug-likeness (QED) is 0.761. The Morgan fingerprint density at radius 2 is 1.93 bits per heavy atom. The predicted octanol–water partition coefficient (Wildman–Crippen LogP) is 2.58. The molecule has 5 nitrogen and oxygen atoms in total. The molecule has 1 fully saturated rings. The normalized spacial score (nSPS) is 16.3. The van der Waals surface area contributed by atoms with E-state index in [9.17, 15) is 14.0 Å². The Labute approximate surface area is 164 Å². The zero-order chi connectivity index (χ0) is 19.9. The Kier molecular flexibility index (Phi) is 6.63. The minimum Gasteiger partial charge on any atom is -0.497 e. The third-order valence-corrected chi connectivity index (χ3v) is 5.07. The summed E-state index contributed by atoms with van der Waals surface area (Å²) in [6.45, 7) is 1.38. The lowest BCUT2D eigenvalue weighted by Gasteiger charge is -2.16. The number of rotatable bonds is 8. The van der Waals surface area contributed by atoms with Crippen LogP contribution >= 0.6 is 0 Å². The van der Waals surface area contributed by atoms with Gasteiger partial charge in [0, 0.05) is 26.1 Å². The molecule has 0 saturated carbocycles. The summed E-state index contributed by atoms with van der Waals surface area (Å²) < 4.78 is 18.8. The molecule has 148 valence electrons. The molecule has 1 saturated heterocycles. The second-order valence-corrected chi connectivity index (χ2v) is 6.97. The van der Waals surface area contributed by atoms with Crippen LogP contribution in [0.15, 0.2) is 48.5 Å². The molecular weight excluding hydrogens is 359 g/mol. The van der Waals surface area contributed by atoms with Gasteiger partial charge in [-0.15, -0.1) is 0 Å². The number of methoxy groups -OCH3 is 1. The van der Waals surface area contributed by atoms with Crippen molar-refractivity contribution in [2.24, 2.45) is 5.92 Å². The summed E-state index contributed by atoms with van der Waals surface area (Å²) >= 11 is 0. The fourth-order valence-electron chi connectivity index (χ4n) is 3.39. The number of nitrogens with one attached hydrogen (secondary N) is 1. The molecule has 1 aliphatic rings. The van der Waals surface area contributed by atoms with Crippen LogP contribution in [0.5, 0.6) is 5.75 Å². The minimum absolute atomic E-state index is 0.00256. The summed E-state index contributed by atoms with van der Waals surface area (Å²) in [7, 11) is 1.62. The van der Waals surface area contributed by atoms with Crippen molar-refractivity contribution in [1.82, 2.24) is 10.2 Å². The minimum atomic E-state index is -0.344. The van der Waals surface area contributed by atoms with Crippen molar-refractivity contribution in [3.63, 3.8) is 0 Å². The van der Waals surface area contributed by atoms with Gasteiger partial charge in [0.05, 0.1) is 13.0 Å². The third-order valence-electron chi connectivity index (χ3n) is 5.07. The van der Waals surface area contributed by atoms with E-state index in [2.05, 4.69) is 5.32 Å². The van der Waals surface area contributed by atoms with Gasteiger partial charge in [-0.2, -0.15) is 0 Å². The van der Waals surface area contributed by atoms with E-state index in [-0.39, 0.29) is 30.0 Å². The maximum Gasteiger partial charge on any atom is 0.225 e. The molecule has 0 radical (unpaired) electrons. The molecule has 1 aliphatic heterocycles. The van der Waals surface area contributed by atoms with Gasteiger partial charge in [0.15, 0.2) is 0 Å². The highest BCUT2D eigenvalue weighted by Crippen LogP contribution is 2.19. The first kappa shape index (κ1) is 19.9. The maximum absolute atomic E-state index is 13.6. The molecule has 1 N–H and O–H groups in total. The van der Waals surface area contributed by atoms with Crippen molar-refractivity contribution in [2.75, 3.05) is 26.7 Å². The van der Waals surface area contributed by atoms with E-state index in [1.54, 1.807) is 30.2 Å². The number of nitrogens with zero attached hydrogens (tertiary/aromatic N) is 1. The van der Waals surface area contributed by atoms with E-state index < -0.39 is 0 Å². The zero-order valence-corrected chi connectivity index (χ0v) is 16.0. The highest BCUT2D eigenvalue weighted by Gasteiger charge is 2.33. The molecule has 3 rings (SSSR count). The lowest BCUT2D eigenvalue weighted by Crippen LogP contribution is -2.34. The van der Waals surface area contributed by atoms with Gasteiger partial charge in [-0.05, 0) is 42.2 Å². The van der Waals surface area contributed by atoms with Crippen molar-refractivity contribution in [1.29, 1.82) is 0 Å². The van der Waals surface area contributed by atoms with Crippen LogP contribution in [0.1, 0.15) is 17.5 Å². The molecule has 0 aromatic heterocycles. The van der Waals surface area contributed by atoms with Crippen LogP contribution in [0.25, 0.3) is 0 Å². The zero-order valence-electron chi connectivity index (χ0n) is 16.0. The number of ether oxygens (including phenoxy) is 1. The molecule has 0 spiro atoms. The third kappa shape index (κ3) is 5.09. The fourth-order valence-corrected chi connectivity index (χ4v) is 3.39. The van der Waals surface area contributed by atoms with Crippen LogP contribution in [-0.2, 0) is 22.4 Å². The van der Waals surface area contributed by atoms with Gasteiger partial charge in [0.25, 0.3) is 0 Å². The Morgan fingerprint density at radius 1 is 1.18 bits per heavy atom. The summed E-state index contributed by atoms with van der Waals surface area (Å²) in [6.07, 6.45) is 1.39. The molecule has 2 aromatic carbocycles. The lowest BCUT2D eigenvalue weighted by atomic mass is 10.1. The lowest BCUT2D eigenvalue weighted by molar-refractivity contribution is -0.129. The average molecular weight is 384 g/mol. The summed E-state index contributed by atoms with van der Waals surface area (Å²) in [5.41, 5.74) is 1.69. The van der Waals surface area contributed by atoms with Crippen molar-refractivity contribution in [3.05, 3.63) is 65.5 Å².